The standard InChI is InChI=1S/C14H17N5O/c1-9-12(13(20)19(17-9)14(15)16)8-10-4-6-11(7-5-10)18(2)3/h4-8H,1-3H3,(H3,15,16)/b12-8+. The maximum atomic E-state index is 12.1. The van der Waals surface area contributed by atoms with E-state index in [1.165, 1.54) is 0 Å². The zero-order valence-corrected chi connectivity index (χ0v) is 11.7. The number of guanidine groups is 1. The van der Waals surface area contributed by atoms with E-state index in [1.54, 1.807) is 13.0 Å². The fourth-order valence-corrected chi connectivity index (χ4v) is 1.88. The third kappa shape index (κ3) is 2.54. The van der Waals surface area contributed by atoms with E-state index in [2.05, 4.69) is 5.10 Å². The third-order valence-electron chi connectivity index (χ3n) is 3.01. The van der Waals surface area contributed by atoms with E-state index in [0.29, 0.717) is 11.3 Å². The van der Waals surface area contributed by atoms with Crippen LogP contribution in [-0.2, 0) is 4.79 Å². The molecule has 1 heterocycles. The molecule has 104 valence electrons. The quantitative estimate of drug-likeness (QED) is 0.482. The molecule has 20 heavy (non-hydrogen) atoms. The smallest absolute Gasteiger partial charge is 0.283 e. The van der Waals surface area contributed by atoms with Gasteiger partial charge in [0.1, 0.15) is 0 Å². The minimum Gasteiger partial charge on any atom is -0.378 e. The SMILES string of the molecule is CC1=NN(C(=N)N)C(=O)/C1=C/c1ccc(N(C)C)cc1. The summed E-state index contributed by atoms with van der Waals surface area (Å²) in [5, 5.41) is 12.2. The Hall–Kier alpha value is -2.63. The van der Waals surface area contributed by atoms with E-state index in [-0.39, 0.29) is 11.9 Å². The highest BCUT2D eigenvalue weighted by molar-refractivity contribution is 6.29. The first-order valence-electron chi connectivity index (χ1n) is 6.13. The summed E-state index contributed by atoms with van der Waals surface area (Å²) in [7, 11) is 3.94. The minimum atomic E-state index is -0.374. The Bertz CT molecular complexity index is 613. The molecule has 3 N–H and O–H groups in total. The van der Waals surface area contributed by atoms with Gasteiger partial charge in [-0.25, -0.2) is 0 Å². The van der Waals surface area contributed by atoms with Crippen molar-refractivity contribution in [1.29, 1.82) is 5.41 Å². The second-order valence-electron chi connectivity index (χ2n) is 4.73. The van der Waals surface area contributed by atoms with Crippen molar-refractivity contribution in [1.82, 2.24) is 5.01 Å². The second-order valence-corrected chi connectivity index (χ2v) is 4.73. The van der Waals surface area contributed by atoms with Crippen LogP contribution >= 0.6 is 0 Å². The van der Waals surface area contributed by atoms with Gasteiger partial charge in [-0.1, -0.05) is 12.1 Å². The van der Waals surface area contributed by atoms with Crippen LogP contribution in [-0.4, -0.2) is 36.7 Å². The lowest BCUT2D eigenvalue weighted by Crippen LogP contribution is -2.34. The van der Waals surface area contributed by atoms with Gasteiger partial charge in [0.25, 0.3) is 5.91 Å². The van der Waals surface area contributed by atoms with Crippen molar-refractivity contribution in [3.05, 3.63) is 35.4 Å². The highest BCUT2D eigenvalue weighted by Crippen LogP contribution is 2.19. The number of anilines is 1. The zero-order valence-electron chi connectivity index (χ0n) is 11.7. The average molecular weight is 271 g/mol. The fraction of sp³-hybridized carbons (Fsp3) is 0.214. The summed E-state index contributed by atoms with van der Waals surface area (Å²) in [6.07, 6.45) is 1.75. The van der Waals surface area contributed by atoms with Crippen LogP contribution in [0.15, 0.2) is 34.9 Å². The summed E-state index contributed by atoms with van der Waals surface area (Å²) in [4.78, 5) is 14.1. The molecular formula is C14H17N5O. The highest BCUT2D eigenvalue weighted by Gasteiger charge is 2.29. The molecule has 1 aromatic carbocycles. The molecule has 1 amide bonds. The number of rotatable bonds is 2. The van der Waals surface area contributed by atoms with Crippen LogP contribution in [0.3, 0.4) is 0 Å². The van der Waals surface area contributed by atoms with E-state index in [9.17, 15) is 4.79 Å². The molecule has 0 radical (unpaired) electrons. The predicted octanol–water partition coefficient (Wildman–Crippen LogP) is 1.25. The van der Waals surface area contributed by atoms with Crippen molar-refractivity contribution in [2.24, 2.45) is 10.8 Å². The molecule has 1 aliphatic heterocycles. The Morgan fingerprint density at radius 2 is 1.95 bits per heavy atom. The largest absolute Gasteiger partial charge is 0.378 e. The first kappa shape index (κ1) is 13.8. The molecule has 0 aromatic heterocycles. The van der Waals surface area contributed by atoms with Crippen LogP contribution in [0.5, 0.6) is 0 Å². The molecule has 0 saturated carbocycles. The molecule has 0 atom stereocenters. The third-order valence-corrected chi connectivity index (χ3v) is 3.01. The van der Waals surface area contributed by atoms with Crippen molar-refractivity contribution in [2.45, 2.75) is 6.92 Å². The lowest BCUT2D eigenvalue weighted by Gasteiger charge is -2.12. The molecule has 2 rings (SSSR count). The number of nitrogens with two attached hydrogens (primary N) is 1. The number of hydrazone groups is 1. The van der Waals surface area contributed by atoms with Gasteiger partial charge >= 0.3 is 0 Å². The summed E-state index contributed by atoms with van der Waals surface area (Å²) < 4.78 is 0. The maximum Gasteiger partial charge on any atom is 0.283 e. The first-order valence-corrected chi connectivity index (χ1v) is 6.13. The molecule has 0 fully saturated rings. The lowest BCUT2D eigenvalue weighted by atomic mass is 10.1. The van der Waals surface area contributed by atoms with Crippen molar-refractivity contribution in [2.75, 3.05) is 19.0 Å². The fourth-order valence-electron chi connectivity index (χ4n) is 1.88. The molecule has 0 spiro atoms. The maximum absolute atomic E-state index is 12.1. The number of nitrogens with one attached hydrogen (secondary N) is 1. The van der Waals surface area contributed by atoms with Crippen LogP contribution in [0.1, 0.15) is 12.5 Å². The van der Waals surface area contributed by atoms with E-state index < -0.39 is 0 Å². The van der Waals surface area contributed by atoms with Crippen LogP contribution in [0.4, 0.5) is 5.69 Å². The predicted molar refractivity (Wildman–Crippen MR) is 80.6 cm³/mol. The van der Waals surface area contributed by atoms with E-state index in [0.717, 1.165) is 16.3 Å². The molecule has 0 bridgehead atoms. The molecule has 1 aliphatic rings. The normalized spacial score (nSPS) is 16.6. The summed E-state index contributed by atoms with van der Waals surface area (Å²) in [6.45, 7) is 1.72. The molecule has 6 nitrogen and oxygen atoms in total. The first-order chi connectivity index (χ1) is 9.40. The second kappa shape index (κ2) is 5.16. The molecule has 6 heteroatoms. The van der Waals surface area contributed by atoms with Crippen LogP contribution in [0, 0.1) is 5.41 Å². The van der Waals surface area contributed by atoms with Gasteiger partial charge < -0.3 is 10.6 Å². The Labute approximate surface area is 117 Å². The van der Waals surface area contributed by atoms with Crippen molar-refractivity contribution < 1.29 is 4.79 Å². The Morgan fingerprint density at radius 3 is 2.40 bits per heavy atom. The number of carbonyl (C=O) groups excluding carboxylic acids is 1. The summed E-state index contributed by atoms with van der Waals surface area (Å²) >= 11 is 0. The van der Waals surface area contributed by atoms with E-state index in [4.69, 9.17) is 11.1 Å². The summed E-state index contributed by atoms with van der Waals surface area (Å²) in [5.41, 5.74) is 8.31. The number of amides is 1. The molecule has 0 unspecified atom stereocenters. The number of hydrogen-bond acceptors (Lipinski definition) is 4. The minimum absolute atomic E-state index is 0.369. The van der Waals surface area contributed by atoms with Crippen molar-refractivity contribution in [3.63, 3.8) is 0 Å². The monoisotopic (exact) mass is 271 g/mol. The molecule has 0 saturated heterocycles. The molecule has 1 aromatic rings. The number of carbonyl (C=O) groups is 1. The van der Waals surface area contributed by atoms with Crippen LogP contribution in [0.25, 0.3) is 6.08 Å². The van der Waals surface area contributed by atoms with Gasteiger partial charge in [0.2, 0.25) is 5.96 Å². The Balaban J connectivity index is 2.30. The van der Waals surface area contributed by atoms with E-state index in [1.807, 2.05) is 43.3 Å². The van der Waals surface area contributed by atoms with Gasteiger partial charge in [0.15, 0.2) is 0 Å². The van der Waals surface area contributed by atoms with Crippen molar-refractivity contribution in [3.8, 4) is 0 Å². The molecular weight excluding hydrogens is 254 g/mol. The summed E-state index contributed by atoms with van der Waals surface area (Å²) in [6, 6.07) is 7.81. The van der Waals surface area contributed by atoms with Gasteiger partial charge in [0, 0.05) is 19.8 Å². The van der Waals surface area contributed by atoms with Gasteiger partial charge in [0.05, 0.1) is 11.3 Å². The number of nitrogens with zero attached hydrogens (tertiary/aromatic N) is 3. The van der Waals surface area contributed by atoms with Crippen molar-refractivity contribution >= 4 is 29.3 Å². The van der Waals surface area contributed by atoms with Gasteiger partial charge in [-0.15, -0.1) is 0 Å². The van der Waals surface area contributed by atoms with Gasteiger partial charge in [-0.3, -0.25) is 10.2 Å². The van der Waals surface area contributed by atoms with Crippen LogP contribution in [0.2, 0.25) is 0 Å². The highest BCUT2D eigenvalue weighted by atomic mass is 16.2. The Morgan fingerprint density at radius 1 is 1.35 bits per heavy atom. The average Bonchev–Trinajstić information content (AvgIpc) is 2.67. The number of hydrogen-bond donors (Lipinski definition) is 2. The summed E-state index contributed by atoms with van der Waals surface area (Å²) in [5.74, 6) is -0.743. The molecule has 0 aliphatic carbocycles. The van der Waals surface area contributed by atoms with Crippen LogP contribution < -0.4 is 10.6 Å². The van der Waals surface area contributed by atoms with Gasteiger partial charge in [-0.2, -0.15) is 10.1 Å². The zero-order chi connectivity index (χ0) is 14.9. The van der Waals surface area contributed by atoms with E-state index >= 15 is 0 Å². The Kier molecular flexibility index (Phi) is 3.56. The lowest BCUT2D eigenvalue weighted by molar-refractivity contribution is -0.122. The number of benzene rings is 1. The van der Waals surface area contributed by atoms with Gasteiger partial charge in [-0.05, 0) is 30.7 Å². The topological polar surface area (TPSA) is 85.8 Å².